The molecule has 4 N–H and O–H groups in total. The number of H-pyrrole nitrogens is 2. The zero-order valence-electron chi connectivity index (χ0n) is 22.2. The van der Waals surface area contributed by atoms with Gasteiger partial charge in [-0.05, 0) is 62.1 Å². The average Bonchev–Trinajstić information content (AvgIpc) is 3.27. The van der Waals surface area contributed by atoms with E-state index in [1.807, 2.05) is 37.3 Å². The Kier molecular flexibility index (Phi) is 7.63. The highest BCUT2D eigenvalue weighted by molar-refractivity contribution is 7.89. The number of hydrogen-bond acceptors (Lipinski definition) is 7. The Balaban J connectivity index is 1.33. The third-order valence-electron chi connectivity index (χ3n) is 7.24. The predicted octanol–water partition coefficient (Wildman–Crippen LogP) is 3.12. The number of sulfonamides is 1. The molecule has 0 saturated carbocycles. The number of hydrogen-bond donors (Lipinski definition) is 4. The number of nitrogens with zero attached hydrogens (tertiary/aromatic N) is 2. The molecule has 11 nitrogen and oxygen atoms in total. The van der Waals surface area contributed by atoms with Crippen molar-refractivity contribution in [3.63, 3.8) is 0 Å². The van der Waals surface area contributed by atoms with Crippen molar-refractivity contribution in [1.29, 1.82) is 0 Å². The van der Waals surface area contributed by atoms with Gasteiger partial charge in [0.1, 0.15) is 12.4 Å². The van der Waals surface area contributed by atoms with Crippen LogP contribution in [0.1, 0.15) is 42.8 Å². The standard InChI is InChI=1S/C28H31N5O6S/c1-17-15-20(23-5-3-4-6-24(23)29-17)16-39-21-7-9-22(10-8-21)40(37,38)32-25(26-27(35)31-28(36)30-26)19-11-13-33(14-12-19)18(2)34/h3-10,15,19,25,32,35H,11-14,16H2,1-2H3,(H2,30,31,36). The fourth-order valence-electron chi connectivity index (χ4n) is 5.18. The van der Waals surface area contributed by atoms with Gasteiger partial charge in [-0.15, -0.1) is 0 Å². The number of carbonyl (C=O) groups is 1. The van der Waals surface area contributed by atoms with E-state index >= 15 is 0 Å². The van der Waals surface area contributed by atoms with E-state index in [-0.39, 0.29) is 29.0 Å². The van der Waals surface area contributed by atoms with Crippen LogP contribution in [0.25, 0.3) is 10.9 Å². The molecule has 0 radical (unpaired) electrons. The molecule has 1 saturated heterocycles. The van der Waals surface area contributed by atoms with Crippen molar-refractivity contribution in [2.24, 2.45) is 5.92 Å². The van der Waals surface area contributed by atoms with E-state index in [1.54, 1.807) is 17.0 Å². The number of carbonyl (C=O) groups excluding carboxylic acids is 1. The highest BCUT2D eigenvalue weighted by Gasteiger charge is 2.34. The molecule has 1 amide bonds. The Morgan fingerprint density at radius 2 is 1.85 bits per heavy atom. The first-order valence-electron chi connectivity index (χ1n) is 13.0. The second kappa shape index (κ2) is 11.1. The number of benzene rings is 2. The van der Waals surface area contributed by atoms with Crippen LogP contribution in [0.15, 0.2) is 64.3 Å². The lowest BCUT2D eigenvalue weighted by Gasteiger charge is -2.35. The maximum Gasteiger partial charge on any atom is 0.326 e. The number of ether oxygens (including phenoxy) is 1. The van der Waals surface area contributed by atoms with Crippen LogP contribution in [0.2, 0.25) is 0 Å². The summed E-state index contributed by atoms with van der Waals surface area (Å²) in [4.78, 5) is 34.6. The van der Waals surface area contributed by atoms with Crippen molar-refractivity contribution < 1.29 is 23.1 Å². The minimum Gasteiger partial charge on any atom is -0.493 e. The summed E-state index contributed by atoms with van der Waals surface area (Å²) >= 11 is 0. The molecule has 3 heterocycles. The van der Waals surface area contributed by atoms with Gasteiger partial charge in [0.15, 0.2) is 0 Å². The molecule has 4 aromatic rings. The van der Waals surface area contributed by atoms with E-state index in [1.165, 1.54) is 19.1 Å². The average molecular weight is 566 g/mol. The van der Waals surface area contributed by atoms with Gasteiger partial charge >= 0.3 is 5.69 Å². The Labute approximate surface area is 231 Å². The summed E-state index contributed by atoms with van der Waals surface area (Å²) in [7, 11) is -4.05. The Hall–Kier alpha value is -4.16. The lowest BCUT2D eigenvalue weighted by atomic mass is 9.88. The van der Waals surface area contributed by atoms with Crippen LogP contribution in [0.4, 0.5) is 0 Å². The van der Waals surface area contributed by atoms with Crippen molar-refractivity contribution in [2.75, 3.05) is 13.1 Å². The maximum absolute atomic E-state index is 13.4. The van der Waals surface area contributed by atoms with Crippen LogP contribution in [0.3, 0.4) is 0 Å². The molecule has 1 aliphatic heterocycles. The van der Waals surface area contributed by atoms with Gasteiger partial charge in [-0.2, -0.15) is 0 Å². The monoisotopic (exact) mass is 565 g/mol. The fraction of sp³-hybridized carbons (Fsp3) is 0.321. The van der Waals surface area contributed by atoms with Crippen LogP contribution in [0.5, 0.6) is 11.6 Å². The van der Waals surface area contributed by atoms with Gasteiger partial charge in [0.2, 0.25) is 21.8 Å². The van der Waals surface area contributed by atoms with Gasteiger partial charge in [-0.1, -0.05) is 18.2 Å². The van der Waals surface area contributed by atoms with Gasteiger partial charge in [0, 0.05) is 36.7 Å². The van der Waals surface area contributed by atoms with E-state index < -0.39 is 27.6 Å². The number of aromatic amines is 2. The molecule has 210 valence electrons. The quantitative estimate of drug-likeness (QED) is 0.256. The Morgan fingerprint density at radius 3 is 2.50 bits per heavy atom. The van der Waals surface area contributed by atoms with Crippen molar-refractivity contribution >= 4 is 26.8 Å². The van der Waals surface area contributed by atoms with Gasteiger partial charge in [0.05, 0.1) is 22.1 Å². The number of rotatable bonds is 8. The van der Waals surface area contributed by atoms with Crippen molar-refractivity contribution in [3.05, 3.63) is 82.0 Å². The number of aryl methyl sites for hydroxylation is 1. The van der Waals surface area contributed by atoms with E-state index in [4.69, 9.17) is 4.74 Å². The molecule has 0 bridgehead atoms. The highest BCUT2D eigenvalue weighted by Crippen LogP contribution is 2.34. The second-order valence-corrected chi connectivity index (χ2v) is 11.7. The number of imidazole rings is 1. The van der Waals surface area contributed by atoms with E-state index in [9.17, 15) is 23.1 Å². The van der Waals surface area contributed by atoms with Gasteiger partial charge in [-0.3, -0.25) is 14.8 Å². The molecule has 5 rings (SSSR count). The van der Waals surface area contributed by atoms with Crippen LogP contribution < -0.4 is 15.1 Å². The number of likely N-dealkylation sites (tertiary alicyclic amines) is 1. The number of piperidine rings is 1. The number of nitrogens with one attached hydrogen (secondary N) is 3. The molecular weight excluding hydrogens is 534 g/mol. The van der Waals surface area contributed by atoms with Crippen LogP contribution in [0, 0.1) is 12.8 Å². The summed E-state index contributed by atoms with van der Waals surface area (Å²) in [6.45, 7) is 4.60. The van der Waals surface area contributed by atoms with Crippen molar-refractivity contribution in [1.82, 2.24) is 24.6 Å². The predicted molar refractivity (Wildman–Crippen MR) is 148 cm³/mol. The molecule has 12 heteroatoms. The second-order valence-electron chi connectivity index (χ2n) is 9.98. The lowest BCUT2D eigenvalue weighted by molar-refractivity contribution is -0.130. The van der Waals surface area contributed by atoms with E-state index in [2.05, 4.69) is 19.7 Å². The normalized spacial score (nSPS) is 15.3. The minimum atomic E-state index is -4.05. The van der Waals surface area contributed by atoms with Crippen molar-refractivity contribution in [3.8, 4) is 11.6 Å². The van der Waals surface area contributed by atoms with Crippen LogP contribution in [-0.4, -0.2) is 52.4 Å². The number of aromatic hydroxyl groups is 1. The first-order valence-corrected chi connectivity index (χ1v) is 14.5. The summed E-state index contributed by atoms with van der Waals surface area (Å²) in [5.41, 5.74) is 2.15. The molecule has 1 atom stereocenters. The molecule has 0 spiro atoms. The summed E-state index contributed by atoms with van der Waals surface area (Å²) < 4.78 is 35.5. The molecule has 0 aliphatic carbocycles. The molecule has 1 unspecified atom stereocenters. The van der Waals surface area contributed by atoms with Crippen molar-refractivity contribution in [2.45, 2.75) is 44.2 Å². The first kappa shape index (κ1) is 27.4. The lowest BCUT2D eigenvalue weighted by Crippen LogP contribution is -2.42. The summed E-state index contributed by atoms with van der Waals surface area (Å²) in [5, 5.41) is 11.3. The highest BCUT2D eigenvalue weighted by atomic mass is 32.2. The van der Waals surface area contributed by atoms with Gasteiger partial charge < -0.3 is 19.7 Å². The molecule has 40 heavy (non-hydrogen) atoms. The number of fused-ring (bicyclic) bond motifs is 1. The van der Waals surface area contributed by atoms with Crippen LogP contribution in [-0.2, 0) is 21.4 Å². The summed E-state index contributed by atoms with van der Waals surface area (Å²) in [5.74, 6) is -0.236. The number of pyridine rings is 1. The summed E-state index contributed by atoms with van der Waals surface area (Å²) in [6.07, 6.45) is 0.991. The third-order valence-corrected chi connectivity index (χ3v) is 8.70. The first-order chi connectivity index (χ1) is 19.1. The SMILES string of the molecule is CC(=O)N1CCC(C(NS(=O)(=O)c2ccc(OCc3cc(C)nc4ccccc34)cc2)c2[nH]c(=O)[nH]c2O)CC1. The van der Waals surface area contributed by atoms with E-state index in [0.717, 1.165) is 22.2 Å². The molecule has 1 aliphatic rings. The fourth-order valence-corrected chi connectivity index (χ4v) is 6.45. The topological polar surface area (TPSA) is 157 Å². The number of amides is 1. The molecule has 2 aromatic heterocycles. The number of aromatic nitrogens is 3. The van der Waals surface area contributed by atoms with Gasteiger partial charge in [-0.25, -0.2) is 17.9 Å². The largest absolute Gasteiger partial charge is 0.493 e. The molecule has 1 fully saturated rings. The zero-order chi connectivity index (χ0) is 28.4. The van der Waals surface area contributed by atoms with E-state index in [0.29, 0.717) is 31.7 Å². The Morgan fingerprint density at radius 1 is 1.15 bits per heavy atom. The van der Waals surface area contributed by atoms with Crippen LogP contribution >= 0.6 is 0 Å². The third kappa shape index (κ3) is 5.87. The zero-order valence-corrected chi connectivity index (χ0v) is 23.0. The number of para-hydroxylation sites is 1. The summed E-state index contributed by atoms with van der Waals surface area (Å²) in [6, 6.07) is 14.9. The van der Waals surface area contributed by atoms with Gasteiger partial charge in [0.25, 0.3) is 0 Å². The Bertz CT molecular complexity index is 1690. The molecule has 2 aromatic carbocycles. The smallest absolute Gasteiger partial charge is 0.326 e. The maximum atomic E-state index is 13.4. The molecular formula is C28H31N5O6S. The minimum absolute atomic E-state index is 0.00796.